The van der Waals surface area contributed by atoms with Gasteiger partial charge >= 0.3 is 0 Å². The zero-order valence-corrected chi connectivity index (χ0v) is 18.8. The minimum absolute atomic E-state index is 0.259. The summed E-state index contributed by atoms with van der Waals surface area (Å²) in [5, 5.41) is 1.71. The lowest BCUT2D eigenvalue weighted by Crippen LogP contribution is -2.45. The molecule has 0 saturated carbocycles. The molecular formula is C24H28ClN5O. The van der Waals surface area contributed by atoms with Crippen molar-refractivity contribution in [3.05, 3.63) is 41.4 Å². The number of fused-ring (bicyclic) bond motifs is 1. The highest BCUT2D eigenvalue weighted by Gasteiger charge is 2.27. The molecule has 0 bridgehead atoms. The standard InChI is InChI=1S/C24H28ClN5O/c1-16-5-3-4-12-30(16)24-27-22-20(23(28-24)29-13-14-31-15-17(29)2)10-11-21(26-22)18-6-8-19(25)9-7-18/h6-11,16-17H,3-5,12-15H2,1-2H3/t16-,17+/m1/s1. The van der Waals surface area contributed by atoms with Gasteiger partial charge in [-0.05, 0) is 57.4 Å². The van der Waals surface area contributed by atoms with Gasteiger partial charge in [-0.1, -0.05) is 23.7 Å². The van der Waals surface area contributed by atoms with Crippen LogP contribution in [0, 0.1) is 0 Å². The summed E-state index contributed by atoms with van der Waals surface area (Å²) >= 11 is 6.07. The van der Waals surface area contributed by atoms with Gasteiger partial charge in [-0.15, -0.1) is 0 Å². The molecule has 5 rings (SSSR count). The molecule has 2 aliphatic heterocycles. The number of hydrogen-bond acceptors (Lipinski definition) is 6. The number of ether oxygens (including phenoxy) is 1. The largest absolute Gasteiger partial charge is 0.377 e. The number of hydrogen-bond donors (Lipinski definition) is 0. The number of morpholine rings is 1. The molecule has 2 aromatic heterocycles. The number of nitrogens with zero attached hydrogens (tertiary/aromatic N) is 5. The lowest BCUT2D eigenvalue weighted by Gasteiger charge is -2.37. The second-order valence-electron chi connectivity index (χ2n) is 8.58. The first-order chi connectivity index (χ1) is 15.1. The van der Waals surface area contributed by atoms with Gasteiger partial charge in [0.1, 0.15) is 5.82 Å². The molecule has 0 unspecified atom stereocenters. The summed E-state index contributed by atoms with van der Waals surface area (Å²) in [6, 6.07) is 12.6. The van der Waals surface area contributed by atoms with Crippen LogP contribution in [0.3, 0.4) is 0 Å². The number of aromatic nitrogens is 3. The molecule has 31 heavy (non-hydrogen) atoms. The summed E-state index contributed by atoms with van der Waals surface area (Å²) < 4.78 is 5.67. The molecule has 2 saturated heterocycles. The molecule has 0 amide bonds. The third-order valence-electron chi connectivity index (χ3n) is 6.37. The van der Waals surface area contributed by atoms with Crippen molar-refractivity contribution in [1.29, 1.82) is 0 Å². The third-order valence-corrected chi connectivity index (χ3v) is 6.62. The number of pyridine rings is 1. The maximum atomic E-state index is 6.07. The van der Waals surface area contributed by atoms with E-state index in [0.29, 0.717) is 19.3 Å². The number of halogens is 1. The molecular weight excluding hydrogens is 410 g/mol. The summed E-state index contributed by atoms with van der Waals surface area (Å²) in [7, 11) is 0. The first-order valence-corrected chi connectivity index (χ1v) is 11.5. The van der Waals surface area contributed by atoms with Gasteiger partial charge in [0.2, 0.25) is 5.95 Å². The molecule has 0 N–H and O–H groups in total. The maximum Gasteiger partial charge on any atom is 0.229 e. The number of piperidine rings is 1. The predicted octanol–water partition coefficient (Wildman–Crippen LogP) is 4.95. The molecule has 2 fully saturated rings. The molecule has 0 aliphatic carbocycles. The van der Waals surface area contributed by atoms with Gasteiger partial charge in [0.05, 0.1) is 30.3 Å². The molecule has 4 heterocycles. The number of anilines is 2. The second kappa shape index (κ2) is 8.60. The van der Waals surface area contributed by atoms with Crippen LogP contribution >= 0.6 is 11.6 Å². The predicted molar refractivity (Wildman–Crippen MR) is 126 cm³/mol. The molecule has 7 heteroatoms. The molecule has 2 aliphatic rings. The van der Waals surface area contributed by atoms with E-state index in [-0.39, 0.29) is 6.04 Å². The Kier molecular flexibility index (Phi) is 5.67. The smallest absolute Gasteiger partial charge is 0.229 e. The van der Waals surface area contributed by atoms with Crippen molar-refractivity contribution in [3.63, 3.8) is 0 Å². The average Bonchev–Trinajstić information content (AvgIpc) is 2.79. The van der Waals surface area contributed by atoms with E-state index < -0.39 is 0 Å². The highest BCUT2D eigenvalue weighted by atomic mass is 35.5. The van der Waals surface area contributed by atoms with Crippen LogP contribution in [-0.4, -0.2) is 53.3 Å². The highest BCUT2D eigenvalue weighted by Crippen LogP contribution is 2.32. The Morgan fingerprint density at radius 1 is 0.903 bits per heavy atom. The van der Waals surface area contributed by atoms with Crippen LogP contribution in [-0.2, 0) is 4.74 Å². The Bertz CT molecular complexity index is 1070. The Morgan fingerprint density at radius 3 is 2.52 bits per heavy atom. The van der Waals surface area contributed by atoms with E-state index >= 15 is 0 Å². The van der Waals surface area contributed by atoms with Gasteiger partial charge in [-0.3, -0.25) is 0 Å². The number of rotatable bonds is 3. The van der Waals surface area contributed by atoms with Crippen LogP contribution in [0.15, 0.2) is 36.4 Å². The van der Waals surface area contributed by atoms with Crippen LogP contribution < -0.4 is 9.80 Å². The van der Waals surface area contributed by atoms with Gasteiger partial charge in [0, 0.05) is 29.7 Å². The zero-order chi connectivity index (χ0) is 21.4. The maximum absolute atomic E-state index is 6.07. The molecule has 1 aromatic carbocycles. The molecule has 0 radical (unpaired) electrons. The highest BCUT2D eigenvalue weighted by molar-refractivity contribution is 6.30. The Hall–Kier alpha value is -2.44. The molecule has 162 valence electrons. The van der Waals surface area contributed by atoms with Gasteiger partial charge in [-0.25, -0.2) is 4.98 Å². The fraction of sp³-hybridized carbons (Fsp3) is 0.458. The minimum Gasteiger partial charge on any atom is -0.377 e. The fourth-order valence-electron chi connectivity index (χ4n) is 4.55. The van der Waals surface area contributed by atoms with Crippen LogP contribution in [0.2, 0.25) is 5.02 Å². The normalized spacial score (nSPS) is 22.2. The van der Waals surface area contributed by atoms with Crippen LogP contribution in [0.5, 0.6) is 0 Å². The molecule has 0 spiro atoms. The SMILES string of the molecule is C[C@@H]1CCCCN1c1nc(N2CCOC[C@@H]2C)c2ccc(-c3ccc(Cl)cc3)nc2n1. The topological polar surface area (TPSA) is 54.4 Å². The fourth-order valence-corrected chi connectivity index (χ4v) is 4.67. The van der Waals surface area contributed by atoms with E-state index in [9.17, 15) is 0 Å². The van der Waals surface area contributed by atoms with Gasteiger partial charge in [-0.2, -0.15) is 9.97 Å². The summed E-state index contributed by atoms with van der Waals surface area (Å²) in [6.07, 6.45) is 3.60. The molecule has 2 atom stereocenters. The molecule has 6 nitrogen and oxygen atoms in total. The monoisotopic (exact) mass is 437 g/mol. The average molecular weight is 438 g/mol. The van der Waals surface area contributed by atoms with Crippen LogP contribution in [0.4, 0.5) is 11.8 Å². The van der Waals surface area contributed by atoms with Gasteiger partial charge in [0.25, 0.3) is 0 Å². The van der Waals surface area contributed by atoms with Crippen LogP contribution in [0.25, 0.3) is 22.3 Å². The zero-order valence-electron chi connectivity index (χ0n) is 18.1. The number of benzene rings is 1. The summed E-state index contributed by atoms with van der Waals surface area (Å²) in [5.74, 6) is 1.75. The van der Waals surface area contributed by atoms with Crippen molar-refractivity contribution in [2.24, 2.45) is 0 Å². The van der Waals surface area contributed by atoms with E-state index in [1.807, 2.05) is 30.3 Å². The van der Waals surface area contributed by atoms with Gasteiger partial charge in [0.15, 0.2) is 5.65 Å². The van der Waals surface area contributed by atoms with Crippen molar-refractivity contribution in [3.8, 4) is 11.3 Å². The lowest BCUT2D eigenvalue weighted by molar-refractivity contribution is 0.0987. The van der Waals surface area contributed by atoms with Crippen molar-refractivity contribution < 1.29 is 4.74 Å². The van der Waals surface area contributed by atoms with E-state index in [1.54, 1.807) is 0 Å². The first kappa shape index (κ1) is 20.5. The van der Waals surface area contributed by atoms with E-state index in [2.05, 4.69) is 29.7 Å². The van der Waals surface area contributed by atoms with Crippen molar-refractivity contribution in [2.75, 3.05) is 36.1 Å². The summed E-state index contributed by atoms with van der Waals surface area (Å²) in [5.41, 5.74) is 2.66. The van der Waals surface area contributed by atoms with E-state index in [1.165, 1.54) is 19.3 Å². The van der Waals surface area contributed by atoms with Crippen molar-refractivity contribution in [1.82, 2.24) is 15.0 Å². The minimum atomic E-state index is 0.259. The molecule has 3 aromatic rings. The Morgan fingerprint density at radius 2 is 1.74 bits per heavy atom. The first-order valence-electron chi connectivity index (χ1n) is 11.2. The van der Waals surface area contributed by atoms with Crippen molar-refractivity contribution >= 4 is 34.4 Å². The van der Waals surface area contributed by atoms with E-state index in [4.69, 9.17) is 31.3 Å². The summed E-state index contributed by atoms with van der Waals surface area (Å²) in [6.45, 7) is 7.68. The van der Waals surface area contributed by atoms with Crippen molar-refractivity contribution in [2.45, 2.75) is 45.2 Å². The Balaban J connectivity index is 1.65. The summed E-state index contributed by atoms with van der Waals surface area (Å²) in [4.78, 5) is 19.7. The van der Waals surface area contributed by atoms with Crippen LogP contribution in [0.1, 0.15) is 33.1 Å². The lowest BCUT2D eigenvalue weighted by atomic mass is 10.0. The second-order valence-corrected chi connectivity index (χ2v) is 9.01. The Labute approximate surface area is 188 Å². The van der Waals surface area contributed by atoms with Gasteiger partial charge < -0.3 is 14.5 Å². The van der Waals surface area contributed by atoms with E-state index in [0.717, 1.165) is 52.2 Å². The quantitative estimate of drug-likeness (QED) is 0.577. The third kappa shape index (κ3) is 4.06.